The van der Waals surface area contributed by atoms with Crippen molar-refractivity contribution < 1.29 is 0 Å². The van der Waals surface area contributed by atoms with E-state index >= 15 is 0 Å². The maximum Gasteiger partial charge on any atom is 0.105 e. The van der Waals surface area contributed by atoms with E-state index in [4.69, 9.17) is 11.0 Å². The zero-order chi connectivity index (χ0) is 13.6. The summed E-state index contributed by atoms with van der Waals surface area (Å²) < 4.78 is 0.840. The van der Waals surface area contributed by atoms with Crippen molar-refractivity contribution >= 4 is 28.5 Å². The number of anilines is 1. The van der Waals surface area contributed by atoms with Crippen LogP contribution in [0, 0.1) is 17.2 Å². The lowest BCUT2D eigenvalue weighted by Crippen LogP contribution is -2.24. The first kappa shape index (κ1) is 15.5. The van der Waals surface area contributed by atoms with E-state index in [-0.39, 0.29) is 0 Å². The molecule has 0 amide bonds. The van der Waals surface area contributed by atoms with Crippen molar-refractivity contribution in [3.8, 4) is 6.07 Å². The smallest absolute Gasteiger partial charge is 0.105 e. The highest BCUT2D eigenvalue weighted by atomic mass is 32.1. The molecule has 0 atom stereocenters. The van der Waals surface area contributed by atoms with Crippen molar-refractivity contribution in [1.82, 2.24) is 0 Å². The van der Waals surface area contributed by atoms with Gasteiger partial charge >= 0.3 is 0 Å². The molecule has 0 fully saturated rings. The van der Waals surface area contributed by atoms with Gasteiger partial charge in [0.15, 0.2) is 0 Å². The monoisotopic (exact) mass is 248 g/mol. The van der Waals surface area contributed by atoms with Crippen LogP contribution in [0.1, 0.15) is 33.3 Å². The number of hydrogen-bond donors (Lipinski definition) is 1. The van der Waals surface area contributed by atoms with Crippen LogP contribution in [0.2, 0.25) is 0 Å². The Kier molecular flexibility index (Phi) is 6.30. The van der Waals surface area contributed by atoms with Crippen LogP contribution < -0.4 is 15.5 Å². The van der Waals surface area contributed by atoms with Gasteiger partial charge < -0.3 is 5.73 Å². The Morgan fingerprint density at radius 1 is 1.47 bits per heavy atom. The van der Waals surface area contributed by atoms with E-state index in [1.54, 1.807) is 6.08 Å². The minimum atomic E-state index is 0.309. The van der Waals surface area contributed by atoms with Crippen LogP contribution in [-0.2, 0) is 0 Å². The molecule has 0 aliphatic rings. The van der Waals surface area contributed by atoms with E-state index in [0.29, 0.717) is 16.5 Å². The van der Waals surface area contributed by atoms with Crippen LogP contribution in [0.5, 0.6) is 0 Å². The standard InChI is InChI=1S/C12H14N2S.C2H6/c1-5-9(7(2)3)11-8(4)15-12(14)10(11)6-13;1-2/h5,7H,1,4,14H2,2-3H3;1-2H3/b11-9-;. The first-order chi connectivity index (χ1) is 8.02. The Labute approximate surface area is 107 Å². The lowest BCUT2D eigenvalue weighted by Gasteiger charge is -2.04. The van der Waals surface area contributed by atoms with E-state index in [1.165, 1.54) is 11.3 Å². The number of allylic oxidation sites excluding steroid dienone is 1. The molecule has 2 nitrogen and oxygen atoms in total. The third-order valence-electron chi connectivity index (χ3n) is 2.25. The fourth-order valence-corrected chi connectivity index (χ4v) is 2.38. The fraction of sp³-hybridized carbons (Fsp3) is 0.357. The SMILES string of the molecule is C=C/C(=c1/c(C#N)c(N)sc1=C)C(C)C.CC. The van der Waals surface area contributed by atoms with Crippen LogP contribution in [0.15, 0.2) is 12.7 Å². The second-order valence-electron chi connectivity index (χ2n) is 3.57. The topological polar surface area (TPSA) is 49.8 Å². The number of hydrogen-bond acceptors (Lipinski definition) is 3. The van der Waals surface area contributed by atoms with Crippen molar-refractivity contribution in [3.05, 3.63) is 28.0 Å². The Balaban J connectivity index is 0.00000121. The van der Waals surface area contributed by atoms with E-state index in [9.17, 15) is 0 Å². The molecular formula is C14H20N2S. The van der Waals surface area contributed by atoms with Crippen molar-refractivity contribution in [2.24, 2.45) is 5.92 Å². The van der Waals surface area contributed by atoms with E-state index in [0.717, 1.165) is 15.3 Å². The summed E-state index contributed by atoms with van der Waals surface area (Å²) in [5.41, 5.74) is 7.32. The van der Waals surface area contributed by atoms with Crippen LogP contribution in [0.25, 0.3) is 12.2 Å². The molecule has 0 spiro atoms. The third-order valence-corrected chi connectivity index (χ3v) is 3.13. The molecule has 17 heavy (non-hydrogen) atoms. The molecule has 0 aliphatic carbocycles. The Morgan fingerprint density at radius 3 is 2.35 bits per heavy atom. The molecule has 1 heterocycles. The summed E-state index contributed by atoms with van der Waals surface area (Å²) >= 11 is 1.36. The first-order valence-electron chi connectivity index (χ1n) is 5.66. The largest absolute Gasteiger partial charge is 0.389 e. The quantitative estimate of drug-likeness (QED) is 0.874. The van der Waals surface area contributed by atoms with Gasteiger partial charge in [0.1, 0.15) is 11.1 Å². The molecule has 0 bridgehead atoms. The summed E-state index contributed by atoms with van der Waals surface area (Å²) in [7, 11) is 0. The van der Waals surface area contributed by atoms with Crippen LogP contribution in [0.4, 0.5) is 5.00 Å². The van der Waals surface area contributed by atoms with E-state index in [2.05, 4.69) is 33.1 Å². The zero-order valence-corrected chi connectivity index (χ0v) is 11.8. The molecule has 3 heteroatoms. The van der Waals surface area contributed by atoms with Gasteiger partial charge in [-0.25, -0.2) is 0 Å². The summed E-state index contributed by atoms with van der Waals surface area (Å²) in [6.07, 6.45) is 1.78. The van der Waals surface area contributed by atoms with E-state index in [1.807, 2.05) is 13.8 Å². The molecule has 92 valence electrons. The third kappa shape index (κ3) is 3.21. The van der Waals surface area contributed by atoms with Gasteiger partial charge in [-0.1, -0.05) is 46.9 Å². The highest BCUT2D eigenvalue weighted by Crippen LogP contribution is 2.14. The van der Waals surface area contributed by atoms with Crippen molar-refractivity contribution in [2.75, 3.05) is 5.73 Å². The molecule has 0 saturated heterocycles. The first-order valence-corrected chi connectivity index (χ1v) is 6.48. The molecule has 1 aromatic heterocycles. The van der Waals surface area contributed by atoms with Crippen molar-refractivity contribution in [2.45, 2.75) is 27.7 Å². The minimum Gasteiger partial charge on any atom is -0.389 e. The van der Waals surface area contributed by atoms with Crippen LogP contribution >= 0.6 is 11.3 Å². The van der Waals surface area contributed by atoms with Gasteiger partial charge in [-0.2, -0.15) is 5.26 Å². The van der Waals surface area contributed by atoms with Gasteiger partial charge in [-0.15, -0.1) is 11.3 Å². The van der Waals surface area contributed by atoms with Crippen molar-refractivity contribution in [3.63, 3.8) is 0 Å². The second-order valence-corrected chi connectivity index (χ2v) is 4.70. The van der Waals surface area contributed by atoms with Crippen molar-refractivity contribution in [1.29, 1.82) is 5.26 Å². The Morgan fingerprint density at radius 2 is 2.00 bits per heavy atom. The molecule has 2 N–H and O–H groups in total. The maximum atomic E-state index is 9.04. The van der Waals surface area contributed by atoms with Gasteiger partial charge in [0.2, 0.25) is 0 Å². The zero-order valence-electron chi connectivity index (χ0n) is 11.0. The number of nitrogens with zero attached hydrogens (tertiary/aromatic N) is 1. The summed E-state index contributed by atoms with van der Waals surface area (Å²) in [6, 6.07) is 2.13. The second kappa shape index (κ2) is 6.93. The summed E-state index contributed by atoms with van der Waals surface area (Å²) in [4.78, 5) is 0. The molecule has 0 radical (unpaired) electrons. The van der Waals surface area contributed by atoms with Gasteiger partial charge in [-0.3, -0.25) is 0 Å². The Bertz CT molecular complexity index is 530. The van der Waals surface area contributed by atoms with Crippen LogP contribution in [-0.4, -0.2) is 0 Å². The number of rotatable bonds is 2. The average molecular weight is 248 g/mol. The summed E-state index contributed by atoms with van der Waals surface area (Å²) in [5, 5.41) is 10.4. The molecule has 1 aromatic rings. The van der Waals surface area contributed by atoms with E-state index < -0.39 is 0 Å². The number of nitrogens with two attached hydrogens (primary N) is 1. The predicted molar refractivity (Wildman–Crippen MR) is 78.0 cm³/mol. The molecular weight excluding hydrogens is 228 g/mol. The molecule has 0 aliphatic heterocycles. The normalized spacial score (nSPS) is 11.3. The van der Waals surface area contributed by atoms with Gasteiger partial charge in [-0.05, 0) is 11.5 Å². The van der Waals surface area contributed by atoms with Gasteiger partial charge in [0, 0.05) is 9.75 Å². The van der Waals surface area contributed by atoms with Gasteiger partial charge in [0.05, 0.1) is 5.56 Å². The lowest BCUT2D eigenvalue weighted by atomic mass is 9.99. The molecule has 0 aromatic carbocycles. The number of thiophene rings is 1. The molecule has 0 unspecified atom stereocenters. The molecule has 0 saturated carbocycles. The van der Waals surface area contributed by atoms with Gasteiger partial charge in [0.25, 0.3) is 0 Å². The minimum absolute atomic E-state index is 0.309. The molecule has 1 rings (SSSR count). The number of nitriles is 1. The fourth-order valence-electron chi connectivity index (χ4n) is 1.54. The number of nitrogen functional groups attached to an aromatic ring is 1. The van der Waals surface area contributed by atoms with Crippen LogP contribution in [0.3, 0.4) is 0 Å². The average Bonchev–Trinajstić information content (AvgIpc) is 2.57. The maximum absolute atomic E-state index is 9.04. The lowest BCUT2D eigenvalue weighted by molar-refractivity contribution is 0.855. The summed E-state index contributed by atoms with van der Waals surface area (Å²) in [6.45, 7) is 15.8. The highest BCUT2D eigenvalue weighted by Gasteiger charge is 2.10. The summed E-state index contributed by atoms with van der Waals surface area (Å²) in [5.74, 6) is 0.309. The Hall–Kier alpha value is -1.53. The predicted octanol–water partition coefficient (Wildman–Crippen LogP) is 2.63. The highest BCUT2D eigenvalue weighted by molar-refractivity contribution is 7.14.